The Hall–Kier alpha value is -1.47. The molecule has 0 spiro atoms. The third-order valence-corrected chi connectivity index (χ3v) is 1.40. The van der Waals surface area contributed by atoms with Crippen molar-refractivity contribution in [2.75, 3.05) is 0 Å². The predicted octanol–water partition coefficient (Wildman–Crippen LogP) is 1.47. The summed E-state index contributed by atoms with van der Waals surface area (Å²) in [6.45, 7) is 0. The van der Waals surface area contributed by atoms with Gasteiger partial charge in [0.2, 0.25) is 5.95 Å². The smallest absolute Gasteiger partial charge is 0.253 e. The maximum absolute atomic E-state index is 12.5. The molecule has 1 aromatic rings. The molecule has 1 aromatic heterocycles. The quantitative estimate of drug-likeness (QED) is 0.491. The number of rotatable bonds is 1. The summed E-state index contributed by atoms with van der Waals surface area (Å²) in [5, 5.41) is 7.58. The topological polar surface area (TPSA) is 53.8 Å². The molecular weight excluding hydrogens is 183 g/mol. The highest BCUT2D eigenvalue weighted by Crippen LogP contribution is 2.08. The van der Waals surface area contributed by atoms with Crippen LogP contribution in [0.3, 0.4) is 0 Å². The lowest BCUT2D eigenvalue weighted by molar-refractivity contribution is 0.108. The zero-order valence-corrected chi connectivity index (χ0v) is 6.47. The van der Waals surface area contributed by atoms with Gasteiger partial charge in [-0.05, 0) is 17.7 Å². The summed E-state index contributed by atoms with van der Waals surface area (Å²) in [6.07, 6.45) is 0.978. The highest BCUT2D eigenvalue weighted by molar-refractivity contribution is 6.67. The Bertz CT molecular complexity index is 372. The van der Waals surface area contributed by atoms with Gasteiger partial charge >= 0.3 is 0 Å². The Labute approximate surface area is 72.4 Å². The summed E-state index contributed by atoms with van der Waals surface area (Å²) >= 11 is 5.07. The highest BCUT2D eigenvalue weighted by atomic mass is 35.5. The third-order valence-electron chi connectivity index (χ3n) is 1.19. The van der Waals surface area contributed by atoms with Crippen LogP contribution in [0.2, 0.25) is 0 Å². The standard InChI is InChI=1S/C7H2ClFN2O/c8-6(12)5-1-4(2-10)7(9)11-3-5/h1,3H. The molecular formula is C7H2ClFN2O. The Kier molecular flexibility index (Phi) is 2.36. The van der Waals surface area contributed by atoms with Crippen LogP contribution in [0.15, 0.2) is 12.3 Å². The first-order valence-electron chi connectivity index (χ1n) is 2.90. The van der Waals surface area contributed by atoms with Gasteiger partial charge in [0.05, 0.1) is 5.56 Å². The van der Waals surface area contributed by atoms with E-state index in [2.05, 4.69) is 4.98 Å². The number of nitriles is 1. The molecule has 0 fully saturated rings. The monoisotopic (exact) mass is 184 g/mol. The maximum atomic E-state index is 12.5. The van der Waals surface area contributed by atoms with Crippen molar-refractivity contribution in [3.8, 4) is 6.07 Å². The molecule has 0 unspecified atom stereocenters. The van der Waals surface area contributed by atoms with E-state index in [-0.39, 0.29) is 11.1 Å². The fourth-order valence-corrected chi connectivity index (χ4v) is 0.737. The van der Waals surface area contributed by atoms with Crippen LogP contribution >= 0.6 is 11.6 Å². The van der Waals surface area contributed by atoms with Crippen LogP contribution < -0.4 is 0 Å². The molecule has 0 aliphatic heterocycles. The molecule has 0 bridgehead atoms. The first-order valence-corrected chi connectivity index (χ1v) is 3.28. The summed E-state index contributed by atoms with van der Waals surface area (Å²) in [6, 6.07) is 2.60. The van der Waals surface area contributed by atoms with E-state index in [4.69, 9.17) is 16.9 Å². The van der Waals surface area contributed by atoms with Crippen molar-refractivity contribution in [1.82, 2.24) is 4.98 Å². The van der Waals surface area contributed by atoms with Crippen molar-refractivity contribution >= 4 is 16.8 Å². The Morgan fingerprint density at radius 1 is 1.75 bits per heavy atom. The van der Waals surface area contributed by atoms with Crippen LogP contribution in [0.25, 0.3) is 0 Å². The molecule has 1 rings (SSSR count). The molecule has 0 saturated carbocycles. The molecule has 60 valence electrons. The van der Waals surface area contributed by atoms with Gasteiger partial charge in [0, 0.05) is 6.20 Å². The number of nitrogens with zero attached hydrogens (tertiary/aromatic N) is 2. The maximum Gasteiger partial charge on any atom is 0.253 e. The molecule has 0 amide bonds. The second-order valence-corrected chi connectivity index (χ2v) is 2.29. The molecule has 0 aromatic carbocycles. The molecule has 0 radical (unpaired) electrons. The van der Waals surface area contributed by atoms with Crippen molar-refractivity contribution < 1.29 is 9.18 Å². The molecule has 0 atom stereocenters. The number of aromatic nitrogens is 1. The summed E-state index contributed by atoms with van der Waals surface area (Å²) < 4.78 is 12.5. The normalized spacial score (nSPS) is 9.08. The molecule has 0 aliphatic rings. The minimum atomic E-state index is -0.904. The Balaban J connectivity index is 3.25. The first kappa shape index (κ1) is 8.62. The highest BCUT2D eigenvalue weighted by Gasteiger charge is 2.07. The van der Waals surface area contributed by atoms with E-state index in [0.29, 0.717) is 0 Å². The van der Waals surface area contributed by atoms with Gasteiger partial charge in [-0.15, -0.1) is 0 Å². The molecule has 12 heavy (non-hydrogen) atoms. The Morgan fingerprint density at radius 3 is 2.92 bits per heavy atom. The summed E-state index contributed by atoms with van der Waals surface area (Å²) in [4.78, 5) is 13.7. The number of carbonyl (C=O) groups is 1. The minimum absolute atomic E-state index is 0.00890. The van der Waals surface area contributed by atoms with E-state index in [1.165, 1.54) is 0 Å². The van der Waals surface area contributed by atoms with Crippen LogP contribution in [-0.2, 0) is 0 Å². The zero-order valence-electron chi connectivity index (χ0n) is 5.71. The van der Waals surface area contributed by atoms with Gasteiger partial charge in [0.1, 0.15) is 11.6 Å². The van der Waals surface area contributed by atoms with E-state index in [9.17, 15) is 9.18 Å². The van der Waals surface area contributed by atoms with Crippen LogP contribution in [0, 0.1) is 17.3 Å². The van der Waals surface area contributed by atoms with E-state index in [0.717, 1.165) is 12.3 Å². The van der Waals surface area contributed by atoms with Crippen molar-refractivity contribution in [2.45, 2.75) is 0 Å². The number of carbonyl (C=O) groups excluding carboxylic acids is 1. The largest absolute Gasteiger partial charge is 0.276 e. The number of halogens is 2. The number of pyridine rings is 1. The SMILES string of the molecule is N#Cc1cc(C(=O)Cl)cnc1F. The first-order chi connectivity index (χ1) is 5.65. The van der Waals surface area contributed by atoms with Crippen LogP contribution in [0.5, 0.6) is 0 Å². The third kappa shape index (κ3) is 1.57. The van der Waals surface area contributed by atoms with Gasteiger partial charge in [-0.25, -0.2) is 4.98 Å². The predicted molar refractivity (Wildman–Crippen MR) is 39.1 cm³/mol. The summed E-state index contributed by atoms with van der Waals surface area (Å²) in [5.41, 5.74) is -0.281. The van der Waals surface area contributed by atoms with Gasteiger partial charge in [-0.1, -0.05) is 0 Å². The van der Waals surface area contributed by atoms with Gasteiger partial charge in [-0.2, -0.15) is 9.65 Å². The van der Waals surface area contributed by atoms with Crippen LogP contribution in [0.4, 0.5) is 4.39 Å². The molecule has 0 saturated heterocycles. The lowest BCUT2D eigenvalue weighted by atomic mass is 10.2. The van der Waals surface area contributed by atoms with E-state index in [1.54, 1.807) is 6.07 Å². The minimum Gasteiger partial charge on any atom is -0.276 e. The average Bonchev–Trinajstić information content (AvgIpc) is 2.05. The lowest BCUT2D eigenvalue weighted by Crippen LogP contribution is -1.95. The van der Waals surface area contributed by atoms with Crippen molar-refractivity contribution in [1.29, 1.82) is 5.26 Å². The fraction of sp³-hybridized carbons (Fsp3) is 0. The van der Waals surface area contributed by atoms with Crippen molar-refractivity contribution in [3.63, 3.8) is 0 Å². The van der Waals surface area contributed by atoms with Gasteiger partial charge in [0.15, 0.2) is 0 Å². The van der Waals surface area contributed by atoms with Crippen molar-refractivity contribution in [3.05, 3.63) is 29.3 Å². The average molecular weight is 185 g/mol. The second-order valence-electron chi connectivity index (χ2n) is 1.95. The Morgan fingerprint density at radius 2 is 2.42 bits per heavy atom. The second kappa shape index (κ2) is 3.28. The lowest BCUT2D eigenvalue weighted by Gasteiger charge is -1.93. The summed E-state index contributed by atoms with van der Waals surface area (Å²) in [7, 11) is 0. The van der Waals surface area contributed by atoms with Crippen LogP contribution in [-0.4, -0.2) is 10.2 Å². The van der Waals surface area contributed by atoms with Gasteiger partial charge in [-0.3, -0.25) is 4.79 Å². The molecule has 0 aliphatic carbocycles. The van der Waals surface area contributed by atoms with Gasteiger partial charge in [0.25, 0.3) is 5.24 Å². The van der Waals surface area contributed by atoms with E-state index < -0.39 is 11.2 Å². The van der Waals surface area contributed by atoms with E-state index in [1.807, 2.05) is 0 Å². The van der Waals surface area contributed by atoms with Gasteiger partial charge < -0.3 is 0 Å². The molecule has 3 nitrogen and oxygen atoms in total. The summed E-state index contributed by atoms with van der Waals surface area (Å²) in [5.74, 6) is -0.904. The fourth-order valence-electron chi connectivity index (χ4n) is 0.634. The van der Waals surface area contributed by atoms with Crippen LogP contribution in [0.1, 0.15) is 15.9 Å². The molecule has 5 heteroatoms. The van der Waals surface area contributed by atoms with Crippen molar-refractivity contribution in [2.24, 2.45) is 0 Å². The zero-order chi connectivity index (χ0) is 9.14. The van der Waals surface area contributed by atoms with E-state index >= 15 is 0 Å². The number of hydrogen-bond donors (Lipinski definition) is 0. The number of hydrogen-bond acceptors (Lipinski definition) is 3. The molecule has 0 N–H and O–H groups in total. The molecule has 1 heterocycles.